The highest BCUT2D eigenvalue weighted by atomic mass is 16.4. The summed E-state index contributed by atoms with van der Waals surface area (Å²) in [6.45, 7) is 6.02. The van der Waals surface area contributed by atoms with Gasteiger partial charge in [0, 0.05) is 18.7 Å². The molecule has 24 heavy (non-hydrogen) atoms. The fourth-order valence-corrected chi connectivity index (χ4v) is 3.17. The first-order chi connectivity index (χ1) is 11.6. The second kappa shape index (κ2) is 9.42. The molecular weight excluding hydrogens is 304 g/mol. The van der Waals surface area contributed by atoms with E-state index in [9.17, 15) is 9.59 Å². The van der Waals surface area contributed by atoms with E-state index in [2.05, 4.69) is 4.90 Å². The van der Waals surface area contributed by atoms with Gasteiger partial charge in [-0.15, -0.1) is 0 Å². The Balaban J connectivity index is 1.98. The highest BCUT2D eigenvalue weighted by molar-refractivity contribution is 5.94. The molecular formula is C19H28N2O3. The topological polar surface area (TPSA) is 60.9 Å². The lowest BCUT2D eigenvalue weighted by atomic mass is 10.1. The molecule has 1 aliphatic heterocycles. The van der Waals surface area contributed by atoms with Gasteiger partial charge in [-0.3, -0.25) is 4.79 Å². The molecule has 1 heterocycles. The normalized spacial score (nSPS) is 15.2. The third-order valence-electron chi connectivity index (χ3n) is 4.50. The maximum Gasteiger partial charge on any atom is 0.335 e. The Labute approximate surface area is 144 Å². The molecule has 0 unspecified atom stereocenters. The molecule has 1 amide bonds. The molecule has 0 saturated carbocycles. The number of aromatic carboxylic acids is 1. The van der Waals surface area contributed by atoms with E-state index in [-0.39, 0.29) is 11.5 Å². The van der Waals surface area contributed by atoms with Crippen LogP contribution in [-0.2, 0) is 4.79 Å². The van der Waals surface area contributed by atoms with E-state index in [4.69, 9.17) is 5.11 Å². The third-order valence-corrected chi connectivity index (χ3v) is 4.50. The van der Waals surface area contributed by atoms with E-state index in [0.717, 1.165) is 38.2 Å². The molecule has 0 radical (unpaired) electrons. The minimum absolute atomic E-state index is 0.110. The van der Waals surface area contributed by atoms with Gasteiger partial charge in [0.1, 0.15) is 0 Å². The van der Waals surface area contributed by atoms with Crippen molar-refractivity contribution in [3.63, 3.8) is 0 Å². The van der Waals surface area contributed by atoms with Crippen molar-refractivity contribution >= 4 is 17.6 Å². The zero-order valence-corrected chi connectivity index (χ0v) is 14.5. The van der Waals surface area contributed by atoms with Crippen LogP contribution in [0.3, 0.4) is 0 Å². The van der Waals surface area contributed by atoms with Crippen LogP contribution in [0.15, 0.2) is 24.3 Å². The first kappa shape index (κ1) is 18.5. The van der Waals surface area contributed by atoms with Crippen molar-refractivity contribution in [2.75, 3.05) is 31.1 Å². The monoisotopic (exact) mass is 332 g/mol. The highest BCUT2D eigenvalue weighted by Gasteiger charge is 2.16. The second-order valence-corrected chi connectivity index (χ2v) is 6.40. The summed E-state index contributed by atoms with van der Waals surface area (Å²) in [4.78, 5) is 27.7. The van der Waals surface area contributed by atoms with E-state index < -0.39 is 5.97 Å². The lowest BCUT2D eigenvalue weighted by molar-refractivity contribution is -0.118. The van der Waals surface area contributed by atoms with Crippen LogP contribution >= 0.6 is 0 Å². The number of benzene rings is 1. The first-order valence-corrected chi connectivity index (χ1v) is 8.98. The Bertz CT molecular complexity index is 536. The molecule has 1 aliphatic rings. The van der Waals surface area contributed by atoms with Crippen molar-refractivity contribution in [3.05, 3.63) is 29.8 Å². The van der Waals surface area contributed by atoms with Crippen molar-refractivity contribution in [3.8, 4) is 0 Å². The summed E-state index contributed by atoms with van der Waals surface area (Å²) in [5.74, 6) is -0.836. The van der Waals surface area contributed by atoms with Crippen LogP contribution in [0.4, 0.5) is 5.69 Å². The molecule has 1 aromatic carbocycles. The fourth-order valence-electron chi connectivity index (χ4n) is 3.17. The molecule has 132 valence electrons. The predicted octanol–water partition coefficient (Wildman–Crippen LogP) is 3.39. The van der Waals surface area contributed by atoms with Crippen molar-refractivity contribution < 1.29 is 14.7 Å². The highest BCUT2D eigenvalue weighted by Crippen LogP contribution is 2.18. The SMILES string of the molecule is CCCC(=O)N(CCCN1CCCCC1)c1ccc(C(=O)O)cc1. The predicted molar refractivity (Wildman–Crippen MR) is 95.6 cm³/mol. The summed E-state index contributed by atoms with van der Waals surface area (Å²) in [6.07, 6.45) is 6.15. The molecule has 1 fully saturated rings. The van der Waals surface area contributed by atoms with Crippen molar-refractivity contribution in [2.24, 2.45) is 0 Å². The van der Waals surface area contributed by atoms with E-state index in [1.165, 1.54) is 19.3 Å². The standard InChI is InChI=1S/C19H28N2O3/c1-2-7-18(22)21(15-6-14-20-12-4-3-5-13-20)17-10-8-16(9-11-17)19(23)24/h8-11H,2-7,12-15H2,1H3,(H,23,24). The minimum Gasteiger partial charge on any atom is -0.478 e. The maximum absolute atomic E-state index is 12.4. The Morgan fingerprint density at radius 2 is 1.79 bits per heavy atom. The van der Waals surface area contributed by atoms with Crippen LogP contribution in [0.1, 0.15) is 55.8 Å². The van der Waals surface area contributed by atoms with Crippen molar-refractivity contribution in [1.82, 2.24) is 4.90 Å². The molecule has 5 nitrogen and oxygen atoms in total. The Kier molecular flexibility index (Phi) is 7.25. The summed E-state index contributed by atoms with van der Waals surface area (Å²) in [5, 5.41) is 9.01. The van der Waals surface area contributed by atoms with Crippen molar-refractivity contribution in [2.45, 2.75) is 45.4 Å². The number of rotatable bonds is 8. The van der Waals surface area contributed by atoms with Crippen LogP contribution in [0.25, 0.3) is 0 Å². The Hall–Kier alpha value is -1.88. The molecule has 1 saturated heterocycles. The smallest absolute Gasteiger partial charge is 0.335 e. The largest absolute Gasteiger partial charge is 0.478 e. The number of carbonyl (C=O) groups excluding carboxylic acids is 1. The van der Waals surface area contributed by atoms with E-state index in [1.54, 1.807) is 29.2 Å². The molecule has 1 N–H and O–H groups in total. The third kappa shape index (κ3) is 5.34. The number of carboxylic acid groups (broad SMARTS) is 1. The van der Waals surface area contributed by atoms with Gasteiger partial charge in [0.05, 0.1) is 5.56 Å². The molecule has 0 aromatic heterocycles. The number of anilines is 1. The van der Waals surface area contributed by atoms with Crippen molar-refractivity contribution in [1.29, 1.82) is 0 Å². The van der Waals surface area contributed by atoms with Gasteiger partial charge in [-0.2, -0.15) is 0 Å². The van der Waals surface area contributed by atoms with Gasteiger partial charge in [0.2, 0.25) is 5.91 Å². The van der Waals surface area contributed by atoms with Crippen LogP contribution in [-0.4, -0.2) is 48.1 Å². The molecule has 0 aliphatic carbocycles. The zero-order chi connectivity index (χ0) is 17.4. The van der Waals surface area contributed by atoms with Gasteiger partial charge in [0.25, 0.3) is 0 Å². The Morgan fingerprint density at radius 1 is 1.12 bits per heavy atom. The average Bonchev–Trinajstić information content (AvgIpc) is 2.60. The number of hydrogen-bond donors (Lipinski definition) is 1. The molecule has 2 rings (SSSR count). The van der Waals surface area contributed by atoms with Gasteiger partial charge in [-0.1, -0.05) is 13.3 Å². The number of carboxylic acids is 1. The molecule has 0 spiro atoms. The van der Waals surface area contributed by atoms with Crippen LogP contribution in [0.5, 0.6) is 0 Å². The summed E-state index contributed by atoms with van der Waals surface area (Å²) in [7, 11) is 0. The number of carbonyl (C=O) groups is 2. The Morgan fingerprint density at radius 3 is 2.38 bits per heavy atom. The number of amides is 1. The van der Waals surface area contributed by atoms with Crippen LogP contribution in [0, 0.1) is 0 Å². The van der Waals surface area contributed by atoms with E-state index in [1.807, 2.05) is 6.92 Å². The first-order valence-electron chi connectivity index (χ1n) is 8.98. The average molecular weight is 332 g/mol. The van der Waals surface area contributed by atoms with E-state index >= 15 is 0 Å². The number of hydrogen-bond acceptors (Lipinski definition) is 3. The zero-order valence-electron chi connectivity index (χ0n) is 14.5. The van der Waals surface area contributed by atoms with Crippen LogP contribution in [0.2, 0.25) is 0 Å². The number of nitrogens with zero attached hydrogens (tertiary/aromatic N) is 2. The number of piperidine rings is 1. The molecule has 5 heteroatoms. The van der Waals surface area contributed by atoms with Gasteiger partial charge in [-0.25, -0.2) is 4.79 Å². The quantitative estimate of drug-likeness (QED) is 0.792. The summed E-state index contributed by atoms with van der Waals surface area (Å²) in [5.41, 5.74) is 1.03. The summed E-state index contributed by atoms with van der Waals surface area (Å²) in [6, 6.07) is 6.60. The van der Waals surface area contributed by atoms with Gasteiger partial charge >= 0.3 is 5.97 Å². The minimum atomic E-state index is -0.946. The molecule has 1 aromatic rings. The molecule has 0 atom stereocenters. The number of likely N-dealkylation sites (tertiary alicyclic amines) is 1. The summed E-state index contributed by atoms with van der Waals surface area (Å²) >= 11 is 0. The van der Waals surface area contributed by atoms with E-state index in [0.29, 0.717) is 13.0 Å². The van der Waals surface area contributed by atoms with Gasteiger partial charge < -0.3 is 14.9 Å². The van der Waals surface area contributed by atoms with Gasteiger partial charge in [0.15, 0.2) is 0 Å². The summed E-state index contributed by atoms with van der Waals surface area (Å²) < 4.78 is 0. The lowest BCUT2D eigenvalue weighted by Crippen LogP contribution is -2.36. The van der Waals surface area contributed by atoms with Gasteiger partial charge in [-0.05, 0) is 69.6 Å². The second-order valence-electron chi connectivity index (χ2n) is 6.40. The fraction of sp³-hybridized carbons (Fsp3) is 0.579. The van der Waals surface area contributed by atoms with Crippen LogP contribution < -0.4 is 4.90 Å². The maximum atomic E-state index is 12.4. The molecule has 0 bridgehead atoms. The lowest BCUT2D eigenvalue weighted by Gasteiger charge is -2.28.